The molecule has 1 aromatic rings. The average Bonchev–Trinajstić information content (AvgIpc) is 2.37. The molecule has 0 aliphatic carbocycles. The Kier molecular flexibility index (Phi) is 5.48. The third kappa shape index (κ3) is 4.22. The van der Waals surface area contributed by atoms with Crippen LogP contribution < -0.4 is 5.73 Å². The Morgan fingerprint density at radius 3 is 2.43 bits per heavy atom. The lowest BCUT2D eigenvalue weighted by atomic mass is 9.94. The molecule has 0 bridgehead atoms. The highest BCUT2D eigenvalue weighted by molar-refractivity contribution is 9.10. The normalized spacial score (nSPS) is 12.7. The van der Waals surface area contributed by atoms with Gasteiger partial charge in [0.2, 0.25) is 10.0 Å². The summed E-state index contributed by atoms with van der Waals surface area (Å²) in [5, 5.41) is 10.7. The molecule has 1 rings (SSSR count). The van der Waals surface area contributed by atoms with E-state index in [4.69, 9.17) is 5.73 Å². The second-order valence-electron chi connectivity index (χ2n) is 5.50. The molecule has 0 saturated carbocycles. The fourth-order valence-electron chi connectivity index (χ4n) is 1.73. The van der Waals surface area contributed by atoms with Gasteiger partial charge in [0.15, 0.2) is 0 Å². The van der Waals surface area contributed by atoms with E-state index >= 15 is 0 Å². The molecule has 0 radical (unpaired) electrons. The van der Waals surface area contributed by atoms with Gasteiger partial charge in [-0.05, 0) is 40.0 Å². The Hall–Kier alpha value is -1.03. The second-order valence-corrected chi connectivity index (χ2v) is 8.40. The third-order valence-electron chi connectivity index (χ3n) is 3.03. The Bertz CT molecular complexity index is 646. The molecule has 0 spiro atoms. The molecule has 2 N–H and O–H groups in total. The number of halogens is 1. The average molecular weight is 380 g/mol. The predicted octanol–water partition coefficient (Wildman–Crippen LogP) is 1.96. The molecule has 0 fully saturated rings. The number of nitrogens with zero attached hydrogens (tertiary/aromatic N) is 2. The minimum atomic E-state index is -3.72. The van der Waals surface area contributed by atoms with Crippen LogP contribution in [-0.2, 0) is 10.0 Å². The first-order valence-electron chi connectivity index (χ1n) is 6.11. The van der Waals surface area contributed by atoms with Crippen LogP contribution >= 0.6 is 15.9 Å². The van der Waals surface area contributed by atoms with Crippen molar-refractivity contribution in [2.75, 3.05) is 20.1 Å². The first-order valence-corrected chi connectivity index (χ1v) is 8.35. The maximum Gasteiger partial charge on any atom is 0.283 e. The number of hydrogen-bond donors (Lipinski definition) is 1. The molecular formula is C12H18BrN3O4S. The molecule has 0 aromatic heterocycles. The van der Waals surface area contributed by atoms with Gasteiger partial charge in [-0.15, -0.1) is 0 Å². The SMILES string of the molecule is CN(CC(C)(C)CN)S(=O)(=O)c1ccc([N+](=O)[O-])c(Br)c1. The molecule has 0 atom stereocenters. The summed E-state index contributed by atoms with van der Waals surface area (Å²) in [5.74, 6) is 0. The van der Waals surface area contributed by atoms with Crippen molar-refractivity contribution in [2.24, 2.45) is 11.1 Å². The number of sulfonamides is 1. The quantitative estimate of drug-likeness (QED) is 0.600. The highest BCUT2D eigenvalue weighted by Crippen LogP contribution is 2.29. The Morgan fingerprint density at radius 2 is 2.00 bits per heavy atom. The van der Waals surface area contributed by atoms with Crippen LogP contribution in [0, 0.1) is 15.5 Å². The summed E-state index contributed by atoms with van der Waals surface area (Å²) in [6.07, 6.45) is 0. The number of nitro groups is 1. The van der Waals surface area contributed by atoms with Gasteiger partial charge in [0, 0.05) is 19.7 Å². The zero-order chi connectivity index (χ0) is 16.4. The van der Waals surface area contributed by atoms with E-state index in [-0.39, 0.29) is 27.0 Å². The molecule has 1 aromatic carbocycles. The highest BCUT2D eigenvalue weighted by atomic mass is 79.9. The van der Waals surface area contributed by atoms with Gasteiger partial charge >= 0.3 is 0 Å². The number of nitro benzene ring substituents is 1. The van der Waals surface area contributed by atoms with E-state index in [1.807, 2.05) is 13.8 Å². The van der Waals surface area contributed by atoms with Crippen molar-refractivity contribution in [1.82, 2.24) is 4.31 Å². The van der Waals surface area contributed by atoms with E-state index in [0.29, 0.717) is 6.54 Å². The van der Waals surface area contributed by atoms with Crippen molar-refractivity contribution < 1.29 is 13.3 Å². The zero-order valence-electron chi connectivity index (χ0n) is 12.0. The van der Waals surface area contributed by atoms with Gasteiger partial charge in [-0.3, -0.25) is 10.1 Å². The highest BCUT2D eigenvalue weighted by Gasteiger charge is 2.28. The fraction of sp³-hybridized carbons (Fsp3) is 0.500. The largest absolute Gasteiger partial charge is 0.330 e. The van der Waals surface area contributed by atoms with Gasteiger partial charge in [-0.25, -0.2) is 12.7 Å². The van der Waals surface area contributed by atoms with E-state index in [1.165, 1.54) is 29.6 Å². The van der Waals surface area contributed by atoms with Crippen molar-refractivity contribution in [1.29, 1.82) is 0 Å². The van der Waals surface area contributed by atoms with Crippen molar-refractivity contribution in [3.05, 3.63) is 32.8 Å². The number of nitrogens with two attached hydrogens (primary N) is 1. The van der Waals surface area contributed by atoms with Gasteiger partial charge in [0.05, 0.1) is 14.3 Å². The number of rotatable bonds is 6. The summed E-state index contributed by atoms with van der Waals surface area (Å²) in [6, 6.07) is 3.63. The van der Waals surface area contributed by atoms with Crippen LogP contribution in [0.2, 0.25) is 0 Å². The predicted molar refractivity (Wildman–Crippen MR) is 83.4 cm³/mol. The smallest absolute Gasteiger partial charge is 0.283 e. The van der Waals surface area contributed by atoms with E-state index in [2.05, 4.69) is 15.9 Å². The van der Waals surface area contributed by atoms with Crippen LogP contribution in [0.4, 0.5) is 5.69 Å². The summed E-state index contributed by atoms with van der Waals surface area (Å²) in [6.45, 7) is 4.33. The van der Waals surface area contributed by atoms with Gasteiger partial charge in [0.25, 0.3) is 5.69 Å². The van der Waals surface area contributed by atoms with Crippen LogP contribution in [0.1, 0.15) is 13.8 Å². The molecule has 0 unspecified atom stereocenters. The molecule has 7 nitrogen and oxygen atoms in total. The lowest BCUT2D eigenvalue weighted by molar-refractivity contribution is -0.385. The summed E-state index contributed by atoms with van der Waals surface area (Å²) in [5.41, 5.74) is 5.07. The molecule has 0 aliphatic rings. The lowest BCUT2D eigenvalue weighted by Crippen LogP contribution is -2.39. The monoisotopic (exact) mass is 379 g/mol. The van der Waals surface area contributed by atoms with E-state index in [1.54, 1.807) is 0 Å². The fourth-order valence-corrected chi connectivity index (χ4v) is 3.79. The van der Waals surface area contributed by atoms with Crippen molar-refractivity contribution in [3.63, 3.8) is 0 Å². The molecule has 118 valence electrons. The van der Waals surface area contributed by atoms with E-state index in [9.17, 15) is 18.5 Å². The first-order chi connectivity index (χ1) is 9.51. The standard InChI is InChI=1S/C12H18BrN3O4S/c1-12(2,7-14)8-15(3)21(19,20)9-4-5-11(16(17)18)10(13)6-9/h4-6H,7-8,14H2,1-3H3. The molecule has 21 heavy (non-hydrogen) atoms. The van der Waals surface area contributed by atoms with Crippen LogP contribution in [0.5, 0.6) is 0 Å². The summed E-state index contributed by atoms with van der Waals surface area (Å²) in [7, 11) is -2.26. The molecule has 0 heterocycles. The first kappa shape index (κ1) is 18.0. The van der Waals surface area contributed by atoms with Crippen molar-refractivity contribution in [3.8, 4) is 0 Å². The van der Waals surface area contributed by atoms with Crippen LogP contribution in [0.15, 0.2) is 27.6 Å². The van der Waals surface area contributed by atoms with Crippen LogP contribution in [-0.4, -0.2) is 37.8 Å². The van der Waals surface area contributed by atoms with Crippen molar-refractivity contribution in [2.45, 2.75) is 18.7 Å². The summed E-state index contributed by atoms with van der Waals surface area (Å²) >= 11 is 3.02. The molecule has 0 aliphatic heterocycles. The van der Waals surface area contributed by atoms with Crippen LogP contribution in [0.3, 0.4) is 0 Å². The molecule has 9 heteroatoms. The molecule has 0 saturated heterocycles. The number of hydrogen-bond acceptors (Lipinski definition) is 5. The Labute approximate surface area is 132 Å². The topological polar surface area (TPSA) is 107 Å². The maximum atomic E-state index is 12.5. The minimum absolute atomic E-state index is 0.00436. The van der Waals surface area contributed by atoms with Gasteiger partial charge in [-0.2, -0.15) is 0 Å². The van der Waals surface area contributed by atoms with E-state index in [0.717, 1.165) is 0 Å². The Balaban J connectivity index is 3.14. The zero-order valence-corrected chi connectivity index (χ0v) is 14.4. The van der Waals surface area contributed by atoms with Crippen LogP contribution in [0.25, 0.3) is 0 Å². The Morgan fingerprint density at radius 1 is 1.43 bits per heavy atom. The minimum Gasteiger partial charge on any atom is -0.330 e. The van der Waals surface area contributed by atoms with Gasteiger partial charge < -0.3 is 5.73 Å². The molecular weight excluding hydrogens is 362 g/mol. The summed E-state index contributed by atoms with van der Waals surface area (Å²) < 4.78 is 26.2. The molecule has 0 amide bonds. The maximum absolute atomic E-state index is 12.5. The second kappa shape index (κ2) is 6.39. The summed E-state index contributed by atoms with van der Waals surface area (Å²) in [4.78, 5) is 10.2. The van der Waals surface area contributed by atoms with Gasteiger partial charge in [0.1, 0.15) is 0 Å². The van der Waals surface area contributed by atoms with E-state index < -0.39 is 14.9 Å². The van der Waals surface area contributed by atoms with Gasteiger partial charge in [-0.1, -0.05) is 13.8 Å². The third-order valence-corrected chi connectivity index (χ3v) is 5.46. The number of benzene rings is 1. The van der Waals surface area contributed by atoms with Crippen molar-refractivity contribution >= 4 is 31.6 Å². The lowest BCUT2D eigenvalue weighted by Gasteiger charge is -2.28.